The molecule has 0 bridgehead atoms. The van der Waals surface area contributed by atoms with Gasteiger partial charge in [0, 0.05) is 6.04 Å². The second-order valence-corrected chi connectivity index (χ2v) is 9.55. The number of hydrogen-bond acceptors (Lipinski definition) is 5. The van der Waals surface area contributed by atoms with Crippen LogP contribution in [-0.4, -0.2) is 31.3 Å². The molecule has 1 fully saturated rings. The van der Waals surface area contributed by atoms with Gasteiger partial charge in [0.25, 0.3) is 5.91 Å². The van der Waals surface area contributed by atoms with Crippen LogP contribution in [0.1, 0.15) is 50.2 Å². The van der Waals surface area contributed by atoms with E-state index in [4.69, 9.17) is 9.47 Å². The molecule has 0 atom stereocenters. The van der Waals surface area contributed by atoms with Crippen LogP contribution >= 0.6 is 15.9 Å². The summed E-state index contributed by atoms with van der Waals surface area (Å²) < 4.78 is 12.8. The quantitative estimate of drug-likeness (QED) is 0.247. The van der Waals surface area contributed by atoms with Crippen LogP contribution in [0.5, 0.6) is 11.5 Å². The minimum absolute atomic E-state index is 0.147. The summed E-state index contributed by atoms with van der Waals surface area (Å²) in [5, 5.41) is 9.79. The van der Waals surface area contributed by atoms with Gasteiger partial charge in [0.1, 0.15) is 6.61 Å². The van der Waals surface area contributed by atoms with Gasteiger partial charge < -0.3 is 14.8 Å². The summed E-state index contributed by atoms with van der Waals surface area (Å²) in [5.41, 5.74) is 4.50. The van der Waals surface area contributed by atoms with Crippen LogP contribution in [-0.2, 0) is 11.4 Å². The van der Waals surface area contributed by atoms with Crippen molar-refractivity contribution in [2.45, 2.75) is 51.7 Å². The molecule has 3 aromatic rings. The van der Waals surface area contributed by atoms with Crippen LogP contribution in [0.25, 0.3) is 10.8 Å². The molecule has 184 valence electrons. The van der Waals surface area contributed by atoms with Gasteiger partial charge in [0.2, 0.25) is 0 Å². The van der Waals surface area contributed by atoms with Gasteiger partial charge in [-0.3, -0.25) is 4.79 Å². The molecule has 0 spiro atoms. The van der Waals surface area contributed by atoms with E-state index in [9.17, 15) is 4.79 Å². The molecule has 7 heteroatoms. The summed E-state index contributed by atoms with van der Waals surface area (Å²) in [7, 11) is 0. The molecule has 2 N–H and O–H groups in total. The smallest absolute Gasteiger partial charge is 0.254 e. The number of hydrazone groups is 1. The number of hydrogen-bond donors (Lipinski definition) is 2. The average Bonchev–Trinajstić information content (AvgIpc) is 2.88. The van der Waals surface area contributed by atoms with Gasteiger partial charge in [-0.15, -0.1) is 0 Å². The molecule has 1 aliphatic rings. The summed E-state index contributed by atoms with van der Waals surface area (Å²) >= 11 is 3.62. The predicted molar refractivity (Wildman–Crippen MR) is 144 cm³/mol. The second kappa shape index (κ2) is 12.7. The van der Waals surface area contributed by atoms with Crippen molar-refractivity contribution in [3.63, 3.8) is 0 Å². The van der Waals surface area contributed by atoms with E-state index < -0.39 is 0 Å². The summed E-state index contributed by atoms with van der Waals surface area (Å²) in [6.45, 7) is 3.12. The summed E-state index contributed by atoms with van der Waals surface area (Å²) in [6.07, 6.45) is 7.65. The lowest BCUT2D eigenvalue weighted by molar-refractivity contribution is -0.120. The van der Waals surface area contributed by atoms with E-state index in [1.165, 1.54) is 30.0 Å². The van der Waals surface area contributed by atoms with Crippen molar-refractivity contribution in [1.82, 2.24) is 10.7 Å². The SMILES string of the molecule is CCOc1cc(/C=N\NC(=O)CNC2CCCCC2)cc(Br)c1OCc1cccc2ccccc12. The van der Waals surface area contributed by atoms with Gasteiger partial charge in [-0.25, -0.2) is 5.43 Å². The maximum atomic E-state index is 12.1. The Hall–Kier alpha value is -2.90. The number of halogens is 1. The number of fused-ring (bicyclic) bond motifs is 1. The van der Waals surface area contributed by atoms with Crippen molar-refractivity contribution in [1.29, 1.82) is 0 Å². The topological polar surface area (TPSA) is 72.0 Å². The van der Waals surface area contributed by atoms with E-state index in [2.05, 4.69) is 56.0 Å². The fourth-order valence-corrected chi connectivity index (χ4v) is 4.97. The number of nitrogens with zero attached hydrogens (tertiary/aromatic N) is 1. The van der Waals surface area contributed by atoms with E-state index in [1.807, 2.05) is 37.3 Å². The molecule has 4 rings (SSSR count). The molecule has 0 aromatic heterocycles. The van der Waals surface area contributed by atoms with Crippen molar-refractivity contribution in [3.8, 4) is 11.5 Å². The minimum Gasteiger partial charge on any atom is -0.490 e. The van der Waals surface area contributed by atoms with Crippen molar-refractivity contribution in [2.75, 3.05) is 13.2 Å². The third-order valence-corrected chi connectivity index (χ3v) is 6.73. The maximum absolute atomic E-state index is 12.1. The van der Waals surface area contributed by atoms with Crippen LogP contribution < -0.4 is 20.2 Å². The summed E-state index contributed by atoms with van der Waals surface area (Å²) in [4.78, 5) is 12.1. The van der Waals surface area contributed by atoms with Crippen LogP contribution in [0.4, 0.5) is 0 Å². The van der Waals surface area contributed by atoms with E-state index in [0.717, 1.165) is 28.4 Å². The lowest BCUT2D eigenvalue weighted by Gasteiger charge is -2.22. The lowest BCUT2D eigenvalue weighted by Crippen LogP contribution is -2.38. The first kappa shape index (κ1) is 25.2. The zero-order valence-electron chi connectivity index (χ0n) is 20.1. The van der Waals surface area contributed by atoms with Gasteiger partial charge in [-0.05, 0) is 69.7 Å². The molecule has 0 aliphatic heterocycles. The van der Waals surface area contributed by atoms with Crippen molar-refractivity contribution < 1.29 is 14.3 Å². The molecular weight excluding hydrogens is 506 g/mol. The Bertz CT molecular complexity index is 1170. The summed E-state index contributed by atoms with van der Waals surface area (Å²) in [5.74, 6) is 1.11. The van der Waals surface area contributed by atoms with Gasteiger partial charge in [-0.1, -0.05) is 61.7 Å². The van der Waals surface area contributed by atoms with Gasteiger partial charge in [-0.2, -0.15) is 5.10 Å². The molecule has 0 heterocycles. The second-order valence-electron chi connectivity index (χ2n) is 8.70. The lowest BCUT2D eigenvalue weighted by atomic mass is 9.95. The molecular formula is C28H32BrN3O3. The number of nitrogens with one attached hydrogen (secondary N) is 2. The molecule has 0 radical (unpaired) electrons. The zero-order valence-corrected chi connectivity index (χ0v) is 21.6. The van der Waals surface area contributed by atoms with Gasteiger partial charge >= 0.3 is 0 Å². The Labute approximate surface area is 215 Å². The molecule has 1 amide bonds. The molecule has 6 nitrogen and oxygen atoms in total. The first-order chi connectivity index (χ1) is 17.1. The third kappa shape index (κ3) is 7.05. The summed E-state index contributed by atoms with van der Waals surface area (Å²) in [6, 6.07) is 18.7. The number of carbonyl (C=O) groups excluding carboxylic acids is 1. The molecule has 1 aliphatic carbocycles. The minimum atomic E-state index is -0.147. The number of benzene rings is 3. The molecule has 1 saturated carbocycles. The standard InChI is InChI=1S/C28H32BrN3O3/c1-2-34-26-16-20(17-31-32-27(33)18-30-23-12-4-3-5-13-23)15-25(29)28(26)35-19-22-11-8-10-21-9-6-7-14-24(21)22/h6-11,14-17,23,30H,2-5,12-13,18-19H2,1H3,(H,32,33)/b31-17-. The molecule has 3 aromatic carbocycles. The highest BCUT2D eigenvalue weighted by Crippen LogP contribution is 2.37. The number of carbonyl (C=O) groups is 1. The highest BCUT2D eigenvalue weighted by molar-refractivity contribution is 9.10. The fraction of sp³-hybridized carbons (Fsp3) is 0.357. The van der Waals surface area contributed by atoms with E-state index in [1.54, 1.807) is 6.21 Å². The highest BCUT2D eigenvalue weighted by atomic mass is 79.9. The number of amides is 1. The predicted octanol–water partition coefficient (Wildman–Crippen LogP) is 5.95. The van der Waals surface area contributed by atoms with Crippen LogP contribution in [0.2, 0.25) is 0 Å². The van der Waals surface area contributed by atoms with E-state index in [-0.39, 0.29) is 12.5 Å². The first-order valence-electron chi connectivity index (χ1n) is 12.2. The van der Waals surface area contributed by atoms with Crippen molar-refractivity contribution in [3.05, 3.63) is 70.2 Å². The van der Waals surface area contributed by atoms with Gasteiger partial charge in [0.05, 0.1) is 23.8 Å². The normalized spacial score (nSPS) is 14.3. The highest BCUT2D eigenvalue weighted by Gasteiger charge is 2.15. The molecule has 0 saturated heterocycles. The fourth-order valence-electron chi connectivity index (χ4n) is 4.40. The Morgan fingerprint density at radius 2 is 1.89 bits per heavy atom. The number of rotatable bonds is 10. The van der Waals surface area contributed by atoms with E-state index >= 15 is 0 Å². The van der Waals surface area contributed by atoms with Crippen LogP contribution in [0.3, 0.4) is 0 Å². The van der Waals surface area contributed by atoms with E-state index in [0.29, 0.717) is 30.8 Å². The average molecular weight is 538 g/mol. The maximum Gasteiger partial charge on any atom is 0.254 e. The Morgan fingerprint density at radius 3 is 2.71 bits per heavy atom. The van der Waals surface area contributed by atoms with Crippen LogP contribution in [0.15, 0.2) is 64.2 Å². The van der Waals surface area contributed by atoms with Crippen LogP contribution in [0, 0.1) is 0 Å². The largest absolute Gasteiger partial charge is 0.490 e. The first-order valence-corrected chi connectivity index (χ1v) is 13.0. The zero-order chi connectivity index (χ0) is 24.5. The van der Waals surface area contributed by atoms with Gasteiger partial charge in [0.15, 0.2) is 11.5 Å². The Kier molecular flexibility index (Phi) is 9.15. The Morgan fingerprint density at radius 1 is 1.09 bits per heavy atom. The Balaban J connectivity index is 1.39. The third-order valence-electron chi connectivity index (χ3n) is 6.14. The van der Waals surface area contributed by atoms with Crippen molar-refractivity contribution >= 4 is 38.8 Å². The molecule has 35 heavy (non-hydrogen) atoms. The van der Waals surface area contributed by atoms with Crippen molar-refractivity contribution in [2.24, 2.45) is 5.10 Å². The number of ether oxygens (including phenoxy) is 2. The molecule has 0 unspecified atom stereocenters. The monoisotopic (exact) mass is 537 g/mol.